The second-order valence-electron chi connectivity index (χ2n) is 5.39. The Hall–Kier alpha value is -1.06. The molecule has 0 unspecified atom stereocenters. The van der Waals surface area contributed by atoms with Crippen LogP contribution >= 0.6 is 0 Å². The molecule has 0 aromatic carbocycles. The van der Waals surface area contributed by atoms with Gasteiger partial charge in [-0.15, -0.1) is 0 Å². The van der Waals surface area contributed by atoms with Crippen molar-refractivity contribution in [3.8, 4) is 0 Å². The van der Waals surface area contributed by atoms with Crippen LogP contribution in [0.5, 0.6) is 0 Å². The molecule has 4 heteroatoms. The number of nitrogens with zero attached hydrogens (tertiary/aromatic N) is 1. The molecular formula is C13H23NO3. The zero-order valence-corrected chi connectivity index (χ0v) is 11.1. The maximum atomic E-state index is 11.9. The van der Waals surface area contributed by atoms with Crippen LogP contribution in [0.4, 0.5) is 0 Å². The molecule has 1 fully saturated rings. The number of likely N-dealkylation sites (tertiary alicyclic amines) is 1. The number of hydrogen-bond donors (Lipinski definition) is 0. The molecule has 1 rings (SSSR count). The third kappa shape index (κ3) is 4.75. The number of amides is 1. The summed E-state index contributed by atoms with van der Waals surface area (Å²) in [5.41, 5.74) is 0.206. The fourth-order valence-corrected chi connectivity index (χ4v) is 2.24. The van der Waals surface area contributed by atoms with Crippen LogP contribution in [0.1, 0.15) is 46.5 Å². The van der Waals surface area contributed by atoms with Crippen LogP contribution in [-0.4, -0.2) is 36.5 Å². The fraction of sp³-hybridized carbons (Fsp3) is 0.846. The van der Waals surface area contributed by atoms with Gasteiger partial charge in [0.15, 0.2) is 0 Å². The Morgan fingerprint density at radius 3 is 2.59 bits per heavy atom. The van der Waals surface area contributed by atoms with Crippen LogP contribution in [0.25, 0.3) is 0 Å². The number of esters is 1. The van der Waals surface area contributed by atoms with Crippen molar-refractivity contribution in [2.75, 3.05) is 19.7 Å². The third-order valence-electron chi connectivity index (χ3n) is 3.10. The Morgan fingerprint density at radius 1 is 1.29 bits per heavy atom. The first kappa shape index (κ1) is 14.0. The Labute approximate surface area is 103 Å². The van der Waals surface area contributed by atoms with Gasteiger partial charge in [0.05, 0.1) is 13.0 Å². The Kier molecular flexibility index (Phi) is 4.97. The lowest BCUT2D eigenvalue weighted by molar-refractivity contribution is -0.146. The number of carbonyl (C=O) groups is 2. The van der Waals surface area contributed by atoms with Gasteiger partial charge in [0, 0.05) is 19.5 Å². The van der Waals surface area contributed by atoms with Gasteiger partial charge in [0.2, 0.25) is 5.91 Å². The van der Waals surface area contributed by atoms with Crippen molar-refractivity contribution in [1.29, 1.82) is 0 Å². The normalized spacial score (nSPS) is 18.9. The van der Waals surface area contributed by atoms with Gasteiger partial charge in [-0.25, -0.2) is 0 Å². The number of hydrogen-bond acceptors (Lipinski definition) is 3. The minimum absolute atomic E-state index is 0.0748. The highest BCUT2D eigenvalue weighted by Crippen LogP contribution is 2.28. The number of carbonyl (C=O) groups excluding carboxylic acids is 2. The van der Waals surface area contributed by atoms with E-state index in [1.54, 1.807) is 6.92 Å². The molecule has 0 aliphatic carbocycles. The largest absolute Gasteiger partial charge is 0.466 e. The first-order valence-corrected chi connectivity index (χ1v) is 6.38. The van der Waals surface area contributed by atoms with E-state index in [2.05, 4.69) is 13.8 Å². The van der Waals surface area contributed by atoms with E-state index in [1.807, 2.05) is 4.90 Å². The maximum absolute atomic E-state index is 11.9. The van der Waals surface area contributed by atoms with E-state index in [-0.39, 0.29) is 30.1 Å². The predicted molar refractivity (Wildman–Crippen MR) is 65.5 cm³/mol. The van der Waals surface area contributed by atoms with Gasteiger partial charge < -0.3 is 9.64 Å². The summed E-state index contributed by atoms with van der Waals surface area (Å²) in [6, 6.07) is 0. The molecule has 0 bridgehead atoms. The highest BCUT2D eigenvalue weighted by Gasteiger charge is 2.28. The zero-order valence-electron chi connectivity index (χ0n) is 11.1. The molecule has 98 valence electrons. The fourth-order valence-electron chi connectivity index (χ4n) is 2.24. The molecule has 0 atom stereocenters. The minimum Gasteiger partial charge on any atom is -0.466 e. The molecule has 17 heavy (non-hydrogen) atoms. The van der Waals surface area contributed by atoms with E-state index < -0.39 is 0 Å². The third-order valence-corrected chi connectivity index (χ3v) is 3.10. The standard InChI is InChI=1S/C13H23NO3/c1-4-17-12(16)7-6-11(15)14-9-5-8-13(2,3)10-14/h4-10H2,1-3H3. The van der Waals surface area contributed by atoms with E-state index in [0.717, 1.165) is 25.9 Å². The van der Waals surface area contributed by atoms with Crippen molar-refractivity contribution in [3.63, 3.8) is 0 Å². The van der Waals surface area contributed by atoms with Crippen molar-refractivity contribution < 1.29 is 14.3 Å². The summed E-state index contributed by atoms with van der Waals surface area (Å²) in [6.45, 7) is 8.13. The molecule has 0 radical (unpaired) electrons. The van der Waals surface area contributed by atoms with E-state index in [4.69, 9.17) is 4.74 Å². The van der Waals surface area contributed by atoms with Gasteiger partial charge in [-0.1, -0.05) is 13.8 Å². The lowest BCUT2D eigenvalue weighted by Gasteiger charge is -2.38. The average molecular weight is 241 g/mol. The number of rotatable bonds is 4. The molecule has 1 heterocycles. The molecule has 1 saturated heterocycles. The second kappa shape index (κ2) is 6.03. The van der Waals surface area contributed by atoms with E-state index >= 15 is 0 Å². The lowest BCUT2D eigenvalue weighted by atomic mass is 9.84. The molecule has 0 aromatic rings. The van der Waals surface area contributed by atoms with Crippen LogP contribution in [-0.2, 0) is 14.3 Å². The topological polar surface area (TPSA) is 46.6 Å². The van der Waals surface area contributed by atoms with Gasteiger partial charge >= 0.3 is 5.97 Å². The first-order chi connectivity index (χ1) is 7.94. The lowest BCUT2D eigenvalue weighted by Crippen LogP contribution is -2.43. The highest BCUT2D eigenvalue weighted by atomic mass is 16.5. The second-order valence-corrected chi connectivity index (χ2v) is 5.39. The predicted octanol–water partition coefficient (Wildman–Crippen LogP) is 1.98. The Bertz CT molecular complexity index is 286. The average Bonchev–Trinajstić information content (AvgIpc) is 2.25. The molecule has 0 spiro atoms. The number of ether oxygens (including phenoxy) is 1. The van der Waals surface area contributed by atoms with E-state index in [1.165, 1.54) is 0 Å². The maximum Gasteiger partial charge on any atom is 0.306 e. The molecule has 1 amide bonds. The molecule has 0 N–H and O–H groups in total. The van der Waals surface area contributed by atoms with Gasteiger partial charge in [0.25, 0.3) is 0 Å². The zero-order chi connectivity index (χ0) is 12.9. The van der Waals surface area contributed by atoms with Crippen molar-refractivity contribution in [3.05, 3.63) is 0 Å². The van der Waals surface area contributed by atoms with E-state index in [9.17, 15) is 9.59 Å². The molecular weight excluding hydrogens is 218 g/mol. The Balaban J connectivity index is 2.35. The van der Waals surface area contributed by atoms with Crippen LogP contribution in [0, 0.1) is 5.41 Å². The van der Waals surface area contributed by atoms with Gasteiger partial charge in [-0.05, 0) is 25.2 Å². The summed E-state index contributed by atoms with van der Waals surface area (Å²) in [5.74, 6) is -0.206. The first-order valence-electron chi connectivity index (χ1n) is 6.38. The smallest absolute Gasteiger partial charge is 0.306 e. The molecule has 0 saturated carbocycles. The molecule has 1 aliphatic heterocycles. The van der Waals surface area contributed by atoms with Crippen molar-refractivity contribution >= 4 is 11.9 Å². The summed E-state index contributed by atoms with van der Waals surface area (Å²) in [6.07, 6.45) is 2.69. The summed E-state index contributed by atoms with van der Waals surface area (Å²) in [4.78, 5) is 25.0. The SMILES string of the molecule is CCOC(=O)CCC(=O)N1CCCC(C)(C)C1. The monoisotopic (exact) mass is 241 g/mol. The summed E-state index contributed by atoms with van der Waals surface area (Å²) < 4.78 is 4.81. The minimum atomic E-state index is -0.280. The van der Waals surface area contributed by atoms with Gasteiger partial charge in [-0.2, -0.15) is 0 Å². The highest BCUT2D eigenvalue weighted by molar-refractivity contribution is 5.81. The van der Waals surface area contributed by atoms with Crippen LogP contribution in [0.2, 0.25) is 0 Å². The summed E-state index contributed by atoms with van der Waals surface area (Å²) >= 11 is 0. The number of piperidine rings is 1. The van der Waals surface area contributed by atoms with Crippen molar-refractivity contribution in [1.82, 2.24) is 4.90 Å². The quantitative estimate of drug-likeness (QED) is 0.707. The van der Waals surface area contributed by atoms with Crippen LogP contribution < -0.4 is 0 Å². The van der Waals surface area contributed by atoms with Crippen LogP contribution in [0.3, 0.4) is 0 Å². The Morgan fingerprint density at radius 2 is 2.00 bits per heavy atom. The van der Waals surface area contributed by atoms with Gasteiger partial charge in [0.1, 0.15) is 0 Å². The van der Waals surface area contributed by atoms with Crippen LogP contribution in [0.15, 0.2) is 0 Å². The van der Waals surface area contributed by atoms with Crippen molar-refractivity contribution in [2.45, 2.75) is 46.5 Å². The molecule has 0 aromatic heterocycles. The van der Waals surface area contributed by atoms with Gasteiger partial charge in [-0.3, -0.25) is 9.59 Å². The van der Waals surface area contributed by atoms with E-state index in [0.29, 0.717) is 6.61 Å². The summed E-state index contributed by atoms with van der Waals surface area (Å²) in [7, 11) is 0. The van der Waals surface area contributed by atoms with Crippen molar-refractivity contribution in [2.24, 2.45) is 5.41 Å². The molecule has 4 nitrogen and oxygen atoms in total. The summed E-state index contributed by atoms with van der Waals surface area (Å²) in [5, 5.41) is 0. The molecule has 1 aliphatic rings.